The second-order valence-electron chi connectivity index (χ2n) is 4.17. The van der Waals surface area contributed by atoms with Gasteiger partial charge in [-0.05, 0) is 25.1 Å². The first kappa shape index (κ1) is 26.1. The van der Waals surface area contributed by atoms with Crippen molar-refractivity contribution in [3.63, 3.8) is 0 Å². The van der Waals surface area contributed by atoms with Crippen LogP contribution < -0.4 is 4.74 Å². The maximum absolute atomic E-state index is 12.8. The van der Waals surface area contributed by atoms with E-state index in [0.717, 1.165) is 6.92 Å². The lowest BCUT2D eigenvalue weighted by Gasteiger charge is -2.00. The van der Waals surface area contributed by atoms with Crippen molar-refractivity contribution in [1.82, 2.24) is 0 Å². The summed E-state index contributed by atoms with van der Waals surface area (Å²) in [5.74, 6) is -3.33. The average molecular weight is 388 g/mol. The number of hydrogen-bond donors (Lipinski definition) is 0. The number of halogens is 5. The number of methoxy groups -OCH3 is 1. The molecule has 0 aliphatic heterocycles. The minimum atomic E-state index is -1.37. The van der Waals surface area contributed by atoms with Crippen LogP contribution in [0, 0.1) is 48.4 Å². The van der Waals surface area contributed by atoms with Gasteiger partial charge in [0.1, 0.15) is 0 Å². The summed E-state index contributed by atoms with van der Waals surface area (Å²) in [6.07, 6.45) is 5.30. The molecule has 0 saturated carbocycles. The highest BCUT2D eigenvalue weighted by atomic mass is 19.2. The summed E-state index contributed by atoms with van der Waals surface area (Å²) < 4.78 is 66.8. The fourth-order valence-corrected chi connectivity index (χ4v) is 1.45. The van der Waals surface area contributed by atoms with Gasteiger partial charge >= 0.3 is 6.15 Å². The summed E-state index contributed by atoms with van der Waals surface area (Å²) in [4.78, 5) is 16.2. The van der Waals surface area contributed by atoms with Crippen LogP contribution in [0.2, 0.25) is 0 Å². The Bertz CT molecular complexity index is 782. The third-order valence-electron chi connectivity index (χ3n) is 2.65. The number of hydrogen-bond acceptors (Lipinski definition) is 3. The molecule has 0 unspecified atom stereocenters. The molecule has 0 aromatic heterocycles. The molecule has 0 amide bonds. The first-order valence-corrected chi connectivity index (χ1v) is 7.32. The Morgan fingerprint density at radius 1 is 0.889 bits per heavy atom. The molecule has 0 aliphatic rings. The van der Waals surface area contributed by atoms with Crippen molar-refractivity contribution in [3.8, 4) is 18.1 Å². The van der Waals surface area contributed by atoms with Crippen molar-refractivity contribution >= 4 is 6.15 Å². The first-order chi connectivity index (χ1) is 12.7. The fourth-order valence-electron chi connectivity index (χ4n) is 1.45. The standard InChI is InChI=1S/C9H7FO.C7H4F4.C2H6.CO2/c1-3-7-4-5-9(11-2)8(10)6-7;1-3-6(10)4(8)2-5(9)7(3)11;1-2;2-1-3/h1,4-6H,2H3;2H,1H3;1-2H3;. The van der Waals surface area contributed by atoms with Crippen LogP contribution in [0.25, 0.3) is 0 Å². The maximum Gasteiger partial charge on any atom is 0.373 e. The Morgan fingerprint density at radius 3 is 1.67 bits per heavy atom. The van der Waals surface area contributed by atoms with E-state index in [0.29, 0.717) is 5.56 Å². The molecule has 0 saturated heterocycles. The molecule has 0 N–H and O–H groups in total. The Balaban J connectivity index is 0. The average Bonchev–Trinajstić information content (AvgIpc) is 2.67. The summed E-state index contributed by atoms with van der Waals surface area (Å²) in [6.45, 7) is 4.97. The van der Waals surface area contributed by atoms with Crippen LogP contribution in [0.4, 0.5) is 22.0 Å². The van der Waals surface area contributed by atoms with Gasteiger partial charge in [0.2, 0.25) is 0 Å². The molecule has 146 valence electrons. The van der Waals surface area contributed by atoms with E-state index in [-0.39, 0.29) is 18.0 Å². The number of carbonyl (C=O) groups excluding carboxylic acids is 2. The van der Waals surface area contributed by atoms with E-state index in [2.05, 4.69) is 5.92 Å². The van der Waals surface area contributed by atoms with Crippen LogP contribution in [-0.2, 0) is 9.59 Å². The molecule has 2 aromatic rings. The SMILES string of the molecule is C#Cc1ccc(OC)c(F)c1.CC.Cc1c(F)c(F)cc(F)c1F.O=C=O. The van der Waals surface area contributed by atoms with Gasteiger partial charge in [0.05, 0.1) is 7.11 Å². The van der Waals surface area contributed by atoms with Crippen LogP contribution >= 0.6 is 0 Å². The summed E-state index contributed by atoms with van der Waals surface area (Å²) >= 11 is 0. The molecule has 2 aromatic carbocycles. The highest BCUT2D eigenvalue weighted by Crippen LogP contribution is 2.17. The fraction of sp³-hybridized carbons (Fsp3) is 0.211. The van der Waals surface area contributed by atoms with Gasteiger partial charge in [0.15, 0.2) is 34.8 Å². The largest absolute Gasteiger partial charge is 0.494 e. The summed E-state index contributed by atoms with van der Waals surface area (Å²) in [5, 5.41) is 0. The molecule has 3 nitrogen and oxygen atoms in total. The molecule has 2 rings (SSSR count). The Hall–Kier alpha value is -3.17. The Labute approximate surface area is 153 Å². The van der Waals surface area contributed by atoms with Crippen molar-refractivity contribution in [1.29, 1.82) is 0 Å². The van der Waals surface area contributed by atoms with E-state index in [9.17, 15) is 22.0 Å². The highest BCUT2D eigenvalue weighted by molar-refractivity contribution is 5.37. The third kappa shape index (κ3) is 8.66. The zero-order chi connectivity index (χ0) is 21.6. The van der Waals surface area contributed by atoms with Gasteiger partial charge in [0.25, 0.3) is 0 Å². The Kier molecular flexibility index (Phi) is 13.6. The predicted octanol–water partition coefficient (Wildman–Crippen LogP) is 4.81. The van der Waals surface area contributed by atoms with Crippen molar-refractivity contribution < 1.29 is 36.3 Å². The van der Waals surface area contributed by atoms with Gasteiger partial charge in [0, 0.05) is 17.2 Å². The molecule has 0 heterocycles. The minimum absolute atomic E-state index is 0.178. The summed E-state index contributed by atoms with van der Waals surface area (Å²) in [7, 11) is 1.41. The third-order valence-corrected chi connectivity index (χ3v) is 2.65. The van der Waals surface area contributed by atoms with Gasteiger partial charge in [-0.1, -0.05) is 19.8 Å². The second kappa shape index (κ2) is 14.0. The van der Waals surface area contributed by atoms with E-state index in [1.54, 1.807) is 6.07 Å². The quantitative estimate of drug-likeness (QED) is 0.400. The van der Waals surface area contributed by atoms with Crippen LogP contribution in [0.3, 0.4) is 0 Å². The van der Waals surface area contributed by atoms with Crippen molar-refractivity contribution in [3.05, 3.63) is 64.5 Å². The topological polar surface area (TPSA) is 43.4 Å². The van der Waals surface area contributed by atoms with E-state index in [4.69, 9.17) is 20.7 Å². The molecule has 8 heteroatoms. The zero-order valence-electron chi connectivity index (χ0n) is 15.0. The van der Waals surface area contributed by atoms with Gasteiger partial charge in [-0.3, -0.25) is 0 Å². The molecule has 0 atom stereocenters. The molecule has 0 fully saturated rings. The van der Waals surface area contributed by atoms with Crippen LogP contribution in [0.5, 0.6) is 5.75 Å². The molecule has 0 aliphatic carbocycles. The van der Waals surface area contributed by atoms with Gasteiger partial charge in [-0.25, -0.2) is 22.0 Å². The van der Waals surface area contributed by atoms with E-state index >= 15 is 0 Å². The van der Waals surface area contributed by atoms with Gasteiger partial charge in [-0.15, -0.1) is 6.42 Å². The van der Waals surface area contributed by atoms with E-state index in [1.165, 1.54) is 19.2 Å². The Morgan fingerprint density at radius 2 is 1.33 bits per heavy atom. The van der Waals surface area contributed by atoms with E-state index in [1.807, 2.05) is 13.8 Å². The molecule has 27 heavy (non-hydrogen) atoms. The van der Waals surface area contributed by atoms with Crippen molar-refractivity contribution in [2.45, 2.75) is 20.8 Å². The normalized spacial score (nSPS) is 8.30. The summed E-state index contributed by atoms with van der Waals surface area (Å²) in [6, 6.07) is 4.57. The number of terminal acetylenes is 1. The monoisotopic (exact) mass is 388 g/mol. The molecule has 0 radical (unpaired) electrons. The first-order valence-electron chi connectivity index (χ1n) is 7.32. The lowest BCUT2D eigenvalue weighted by atomic mass is 10.2. The minimum Gasteiger partial charge on any atom is -0.494 e. The van der Waals surface area contributed by atoms with Crippen LogP contribution in [0.15, 0.2) is 24.3 Å². The van der Waals surface area contributed by atoms with Crippen LogP contribution in [0.1, 0.15) is 25.0 Å². The number of rotatable bonds is 1. The lowest BCUT2D eigenvalue weighted by Crippen LogP contribution is -1.97. The molecule has 0 bridgehead atoms. The zero-order valence-corrected chi connectivity index (χ0v) is 15.0. The number of ether oxygens (including phenoxy) is 1. The van der Waals surface area contributed by atoms with Crippen molar-refractivity contribution in [2.75, 3.05) is 7.11 Å². The molecule has 0 spiro atoms. The van der Waals surface area contributed by atoms with Gasteiger partial charge < -0.3 is 4.74 Å². The molecular formula is C19H17F5O3. The molecular weight excluding hydrogens is 371 g/mol. The second-order valence-corrected chi connectivity index (χ2v) is 4.17. The smallest absolute Gasteiger partial charge is 0.373 e. The summed E-state index contributed by atoms with van der Waals surface area (Å²) in [5.41, 5.74) is -0.120. The number of benzene rings is 2. The van der Waals surface area contributed by atoms with Gasteiger partial charge in [-0.2, -0.15) is 9.59 Å². The van der Waals surface area contributed by atoms with E-state index < -0.39 is 34.6 Å². The van der Waals surface area contributed by atoms with Crippen LogP contribution in [-0.4, -0.2) is 13.3 Å². The maximum atomic E-state index is 12.8. The lowest BCUT2D eigenvalue weighted by molar-refractivity contribution is -0.191. The van der Waals surface area contributed by atoms with Crippen molar-refractivity contribution in [2.24, 2.45) is 0 Å². The highest BCUT2D eigenvalue weighted by Gasteiger charge is 2.14. The predicted molar refractivity (Wildman–Crippen MR) is 88.3 cm³/mol.